The van der Waals surface area contributed by atoms with E-state index in [9.17, 15) is 4.79 Å². The second-order valence-corrected chi connectivity index (χ2v) is 4.24. The minimum Gasteiger partial charge on any atom is -0.480 e. The quantitative estimate of drug-likeness (QED) is 0.713. The zero-order valence-electron chi connectivity index (χ0n) is 9.24. The number of carboxylic acid groups (broad SMARTS) is 1. The molecule has 1 N–H and O–H groups in total. The van der Waals surface area contributed by atoms with Gasteiger partial charge in [0.2, 0.25) is 0 Å². The van der Waals surface area contributed by atoms with Gasteiger partial charge in [-0.3, -0.25) is 9.69 Å². The zero-order chi connectivity index (χ0) is 10.6. The maximum atomic E-state index is 10.9. The molecule has 3 heteroatoms. The highest BCUT2D eigenvalue weighted by Crippen LogP contribution is 2.12. The molecular formula is C10H21NO2. The number of rotatable bonds is 5. The predicted molar refractivity (Wildman–Crippen MR) is 53.8 cm³/mol. The topological polar surface area (TPSA) is 40.5 Å². The van der Waals surface area contributed by atoms with Crippen LogP contribution in [0.3, 0.4) is 0 Å². The van der Waals surface area contributed by atoms with Gasteiger partial charge in [0.05, 0.1) is 0 Å². The fourth-order valence-corrected chi connectivity index (χ4v) is 1.25. The maximum Gasteiger partial charge on any atom is 0.320 e. The molecule has 0 heterocycles. The molecule has 0 aromatic carbocycles. The molecule has 0 fully saturated rings. The van der Waals surface area contributed by atoms with Crippen LogP contribution in [0.2, 0.25) is 0 Å². The summed E-state index contributed by atoms with van der Waals surface area (Å²) in [4.78, 5) is 12.8. The van der Waals surface area contributed by atoms with Crippen molar-refractivity contribution in [2.24, 2.45) is 5.92 Å². The second-order valence-electron chi connectivity index (χ2n) is 4.24. The van der Waals surface area contributed by atoms with Crippen LogP contribution in [0, 0.1) is 5.92 Å². The van der Waals surface area contributed by atoms with E-state index >= 15 is 0 Å². The third-order valence-corrected chi connectivity index (χ3v) is 2.29. The van der Waals surface area contributed by atoms with Gasteiger partial charge in [0.25, 0.3) is 0 Å². The van der Waals surface area contributed by atoms with Crippen molar-refractivity contribution in [1.82, 2.24) is 4.90 Å². The number of carbonyl (C=O) groups is 1. The Kier molecular flexibility index (Phi) is 4.99. The molecule has 0 bridgehead atoms. The van der Waals surface area contributed by atoms with Crippen LogP contribution >= 0.6 is 0 Å². The number of likely N-dealkylation sites (N-methyl/N-ethyl adjacent to an activating group) is 1. The Morgan fingerprint density at radius 1 is 1.31 bits per heavy atom. The van der Waals surface area contributed by atoms with Crippen molar-refractivity contribution in [3.63, 3.8) is 0 Å². The van der Waals surface area contributed by atoms with E-state index in [0.29, 0.717) is 12.3 Å². The molecule has 0 saturated heterocycles. The lowest BCUT2D eigenvalue weighted by Crippen LogP contribution is -2.43. The van der Waals surface area contributed by atoms with E-state index in [0.717, 1.165) is 0 Å². The maximum absolute atomic E-state index is 10.9. The first kappa shape index (κ1) is 12.4. The lowest BCUT2D eigenvalue weighted by molar-refractivity contribution is -0.144. The summed E-state index contributed by atoms with van der Waals surface area (Å²) in [6.45, 7) is 8.11. The van der Waals surface area contributed by atoms with E-state index in [2.05, 4.69) is 0 Å². The normalized spacial score (nSPS) is 14.2. The van der Waals surface area contributed by atoms with Crippen LogP contribution in [-0.2, 0) is 4.79 Å². The van der Waals surface area contributed by atoms with Gasteiger partial charge in [-0.15, -0.1) is 0 Å². The number of hydrogen-bond acceptors (Lipinski definition) is 2. The molecule has 0 amide bonds. The van der Waals surface area contributed by atoms with Crippen molar-refractivity contribution in [1.29, 1.82) is 0 Å². The second kappa shape index (κ2) is 5.22. The van der Waals surface area contributed by atoms with Crippen molar-refractivity contribution >= 4 is 5.97 Å². The molecule has 0 rings (SSSR count). The molecule has 0 radical (unpaired) electrons. The van der Waals surface area contributed by atoms with Crippen LogP contribution < -0.4 is 0 Å². The summed E-state index contributed by atoms with van der Waals surface area (Å²) in [5.41, 5.74) is 0. The molecule has 1 atom stereocenters. The first-order valence-electron chi connectivity index (χ1n) is 4.81. The third-order valence-electron chi connectivity index (χ3n) is 2.29. The molecule has 0 saturated carbocycles. The van der Waals surface area contributed by atoms with Crippen LogP contribution in [0.25, 0.3) is 0 Å². The molecule has 0 aromatic rings. The summed E-state index contributed by atoms with van der Waals surface area (Å²) >= 11 is 0. The largest absolute Gasteiger partial charge is 0.480 e. The molecule has 0 aliphatic carbocycles. The van der Waals surface area contributed by atoms with Gasteiger partial charge in [0, 0.05) is 6.04 Å². The predicted octanol–water partition coefficient (Wildman–Crippen LogP) is 1.83. The summed E-state index contributed by atoms with van der Waals surface area (Å²) in [7, 11) is 1.87. The highest BCUT2D eigenvalue weighted by atomic mass is 16.4. The van der Waals surface area contributed by atoms with Gasteiger partial charge in [-0.25, -0.2) is 0 Å². The van der Waals surface area contributed by atoms with Crippen LogP contribution in [-0.4, -0.2) is 35.1 Å². The molecule has 0 aliphatic heterocycles. The first-order chi connectivity index (χ1) is 5.86. The molecule has 13 heavy (non-hydrogen) atoms. The lowest BCUT2D eigenvalue weighted by Gasteiger charge is -2.29. The smallest absolute Gasteiger partial charge is 0.320 e. The standard InChI is InChI=1S/C10H21NO2/c1-7(2)6-9(10(12)13)11(5)8(3)4/h7-9H,6H2,1-5H3,(H,12,13)/t9-/m0/s1. The van der Waals surface area contributed by atoms with Gasteiger partial charge in [0.1, 0.15) is 6.04 Å². The summed E-state index contributed by atoms with van der Waals surface area (Å²) in [5.74, 6) is -0.299. The molecule has 78 valence electrons. The van der Waals surface area contributed by atoms with Crippen molar-refractivity contribution in [2.75, 3.05) is 7.05 Å². The number of hydrogen-bond donors (Lipinski definition) is 1. The van der Waals surface area contributed by atoms with Crippen LogP contribution in [0.1, 0.15) is 34.1 Å². The van der Waals surface area contributed by atoms with Crippen LogP contribution in [0.5, 0.6) is 0 Å². The van der Waals surface area contributed by atoms with E-state index in [-0.39, 0.29) is 12.1 Å². The Morgan fingerprint density at radius 2 is 1.77 bits per heavy atom. The van der Waals surface area contributed by atoms with Gasteiger partial charge in [-0.1, -0.05) is 13.8 Å². The van der Waals surface area contributed by atoms with Crippen molar-refractivity contribution in [2.45, 2.75) is 46.2 Å². The Morgan fingerprint density at radius 3 is 2.00 bits per heavy atom. The number of nitrogens with zero attached hydrogens (tertiary/aromatic N) is 1. The van der Waals surface area contributed by atoms with E-state index in [4.69, 9.17) is 5.11 Å². The minimum absolute atomic E-state index is 0.278. The zero-order valence-corrected chi connectivity index (χ0v) is 9.24. The average Bonchev–Trinajstić information content (AvgIpc) is 1.97. The fourth-order valence-electron chi connectivity index (χ4n) is 1.25. The highest BCUT2D eigenvalue weighted by Gasteiger charge is 2.24. The lowest BCUT2D eigenvalue weighted by atomic mass is 10.0. The first-order valence-corrected chi connectivity index (χ1v) is 4.81. The molecule has 3 nitrogen and oxygen atoms in total. The summed E-state index contributed by atoms with van der Waals surface area (Å²) < 4.78 is 0. The Balaban J connectivity index is 4.33. The van der Waals surface area contributed by atoms with Crippen molar-refractivity contribution < 1.29 is 9.90 Å². The highest BCUT2D eigenvalue weighted by molar-refractivity contribution is 5.73. The molecule has 0 spiro atoms. The Hall–Kier alpha value is -0.570. The monoisotopic (exact) mass is 187 g/mol. The van der Waals surface area contributed by atoms with Crippen molar-refractivity contribution in [3.05, 3.63) is 0 Å². The van der Waals surface area contributed by atoms with Crippen LogP contribution in [0.4, 0.5) is 0 Å². The summed E-state index contributed by atoms with van der Waals surface area (Å²) in [6, 6.07) is -0.0696. The van der Waals surface area contributed by atoms with Gasteiger partial charge in [-0.05, 0) is 33.2 Å². The minimum atomic E-state index is -0.718. The number of aliphatic carboxylic acids is 1. The summed E-state index contributed by atoms with van der Waals surface area (Å²) in [5, 5.41) is 9.00. The van der Waals surface area contributed by atoms with E-state index in [1.165, 1.54) is 0 Å². The van der Waals surface area contributed by atoms with Gasteiger partial charge in [-0.2, -0.15) is 0 Å². The van der Waals surface area contributed by atoms with E-state index in [1.54, 1.807) is 0 Å². The van der Waals surface area contributed by atoms with Gasteiger partial charge < -0.3 is 5.11 Å². The summed E-state index contributed by atoms with van der Waals surface area (Å²) in [6.07, 6.45) is 0.712. The Bertz CT molecular complexity index is 166. The van der Waals surface area contributed by atoms with Crippen molar-refractivity contribution in [3.8, 4) is 0 Å². The van der Waals surface area contributed by atoms with E-state index in [1.807, 2.05) is 39.6 Å². The van der Waals surface area contributed by atoms with E-state index < -0.39 is 5.97 Å². The Labute approximate surface area is 80.7 Å². The molecule has 0 unspecified atom stereocenters. The SMILES string of the molecule is CC(C)C[C@@H](C(=O)O)N(C)C(C)C. The third kappa shape index (κ3) is 4.27. The molecular weight excluding hydrogens is 166 g/mol. The number of carboxylic acids is 1. The average molecular weight is 187 g/mol. The van der Waals surface area contributed by atoms with Gasteiger partial charge >= 0.3 is 5.97 Å². The molecule has 0 aliphatic rings. The van der Waals surface area contributed by atoms with Gasteiger partial charge in [0.15, 0.2) is 0 Å². The molecule has 0 aromatic heterocycles. The van der Waals surface area contributed by atoms with Crippen LogP contribution in [0.15, 0.2) is 0 Å². The fraction of sp³-hybridized carbons (Fsp3) is 0.900.